The van der Waals surface area contributed by atoms with Crippen LogP contribution < -0.4 is 21.7 Å². The van der Waals surface area contributed by atoms with Gasteiger partial charge in [-0.15, -0.1) is 0 Å². The monoisotopic (exact) mass is 626 g/mol. The summed E-state index contributed by atoms with van der Waals surface area (Å²) in [5.41, 5.74) is 6.69. The van der Waals surface area contributed by atoms with E-state index in [0.717, 1.165) is 5.39 Å². The van der Waals surface area contributed by atoms with Gasteiger partial charge >= 0.3 is 12.1 Å². The van der Waals surface area contributed by atoms with Gasteiger partial charge in [0, 0.05) is 25.6 Å². The quantitative estimate of drug-likeness (QED) is 0.154. The van der Waals surface area contributed by atoms with E-state index in [1.54, 1.807) is 48.9 Å². The first-order chi connectivity index (χ1) is 21.5. The van der Waals surface area contributed by atoms with Crippen LogP contribution in [0.25, 0.3) is 33.3 Å². The Morgan fingerprint density at radius 3 is 1.51 bits per heavy atom. The Labute approximate surface area is 261 Å². The Bertz CT molecular complexity index is 1590. The number of hydrogen-bond donors (Lipinski definition) is 4. The molecule has 6 aromatic rings. The molecule has 0 aliphatic heterocycles. The molecule has 6 aromatic heterocycles. The fourth-order valence-corrected chi connectivity index (χ4v) is 2.86. The van der Waals surface area contributed by atoms with E-state index in [4.69, 9.17) is 19.3 Å². The van der Waals surface area contributed by atoms with Crippen LogP contribution in [0.15, 0.2) is 68.6 Å². The number of ether oxygens (including phenoxy) is 1. The molecule has 0 saturated carbocycles. The second kappa shape index (κ2) is 21.8. The minimum absolute atomic E-state index is 0. The van der Waals surface area contributed by atoms with Crippen molar-refractivity contribution in [3.05, 3.63) is 55.0 Å². The fourth-order valence-electron chi connectivity index (χ4n) is 2.86. The zero-order chi connectivity index (χ0) is 32.9. The molecule has 6 rings (SSSR count). The lowest BCUT2D eigenvalue weighted by Gasteiger charge is -1.98. The van der Waals surface area contributed by atoms with E-state index in [9.17, 15) is 9.59 Å². The number of carbonyl (C=O) groups excluding carboxylic acids is 2. The zero-order valence-electron chi connectivity index (χ0n) is 25.9. The summed E-state index contributed by atoms with van der Waals surface area (Å²) in [5.74, 6) is 1.07. The number of rotatable bonds is 2. The van der Waals surface area contributed by atoms with Crippen LogP contribution in [0.3, 0.4) is 0 Å². The van der Waals surface area contributed by atoms with E-state index < -0.39 is 6.09 Å². The number of fused-ring (bicyclic) bond motifs is 3. The number of nitrogens with one attached hydrogen (secondary N) is 3. The molecule has 0 saturated heterocycles. The molecule has 0 aliphatic rings. The zero-order valence-corrected chi connectivity index (χ0v) is 25.9. The number of nitrogen functional groups attached to an aromatic ring is 1. The largest absolute Gasteiger partial charge is 0.453 e. The van der Waals surface area contributed by atoms with Gasteiger partial charge in [0.2, 0.25) is 0 Å². The molecular formula is C29H42N10O6. The van der Waals surface area contributed by atoms with Crippen LogP contribution in [-0.2, 0) is 4.74 Å². The number of carbonyl (C=O) groups is 2. The van der Waals surface area contributed by atoms with Gasteiger partial charge in [-0.2, -0.15) is 0 Å². The number of methoxy groups -OCH3 is 1. The first-order valence-electron chi connectivity index (χ1n) is 13.7. The number of nitrogens with zero attached hydrogens (tertiary/aromatic N) is 6. The highest BCUT2D eigenvalue weighted by Crippen LogP contribution is 2.20. The second-order valence-corrected chi connectivity index (χ2v) is 7.02. The number of pyridine rings is 3. The Morgan fingerprint density at radius 2 is 1.09 bits per heavy atom. The van der Waals surface area contributed by atoms with E-state index in [-0.39, 0.29) is 13.5 Å². The van der Waals surface area contributed by atoms with E-state index >= 15 is 0 Å². The van der Waals surface area contributed by atoms with Crippen LogP contribution >= 0.6 is 0 Å². The summed E-state index contributed by atoms with van der Waals surface area (Å²) < 4.78 is 18.9. The molecule has 0 bridgehead atoms. The van der Waals surface area contributed by atoms with Gasteiger partial charge in [-0.25, -0.2) is 24.5 Å². The second-order valence-electron chi connectivity index (χ2n) is 7.02. The smallest absolute Gasteiger partial charge is 0.412 e. The molecular weight excluding hydrogens is 584 g/mol. The van der Waals surface area contributed by atoms with Gasteiger partial charge in [0.15, 0.2) is 17.5 Å². The van der Waals surface area contributed by atoms with Crippen LogP contribution in [0.4, 0.5) is 27.0 Å². The molecule has 0 unspecified atom stereocenters. The highest BCUT2D eigenvalue weighted by Gasteiger charge is 2.11. The van der Waals surface area contributed by atoms with Crippen molar-refractivity contribution in [1.82, 2.24) is 35.7 Å². The standard InChI is InChI=1S/C8H8N4O2.C8H7N3O3.C6H5N3O.3C2H6.CH4/c1-9-8(13)11-6-5-3-2-4-10-7(5)14-12-6;1-13-8(12)10-6-5-3-2-4-9-7(5)14-11-6;7-5-4-2-1-3-8-6(4)10-9-5;3*1-2;/h2-4H,1H3,(H2,9,11,12,13);2-4H,1H3,(H,10,11,12);1-3H,(H2,7,9);3*1-2H3;1H4. The van der Waals surface area contributed by atoms with Gasteiger partial charge in [-0.05, 0) is 36.4 Å². The van der Waals surface area contributed by atoms with Gasteiger partial charge in [0.25, 0.3) is 17.1 Å². The van der Waals surface area contributed by atoms with E-state index in [1.807, 2.05) is 47.6 Å². The van der Waals surface area contributed by atoms with Gasteiger partial charge in [-0.1, -0.05) is 64.4 Å². The normalized spacial score (nSPS) is 8.98. The molecule has 0 aromatic carbocycles. The summed E-state index contributed by atoms with van der Waals surface area (Å²) in [6.07, 6.45) is 4.21. The predicted molar refractivity (Wildman–Crippen MR) is 175 cm³/mol. The first-order valence-corrected chi connectivity index (χ1v) is 13.7. The molecule has 6 heterocycles. The molecule has 0 aliphatic carbocycles. The summed E-state index contributed by atoms with van der Waals surface area (Å²) in [5, 5.41) is 20.3. The number of amides is 3. The fraction of sp³-hybridized carbons (Fsp3) is 0.310. The van der Waals surface area contributed by atoms with Crippen molar-refractivity contribution in [1.29, 1.82) is 0 Å². The predicted octanol–water partition coefficient (Wildman–Crippen LogP) is 6.89. The Kier molecular flexibility index (Phi) is 19.0. The van der Waals surface area contributed by atoms with Crippen molar-refractivity contribution in [3.63, 3.8) is 0 Å². The van der Waals surface area contributed by atoms with Crippen LogP contribution in [-0.4, -0.2) is 56.7 Å². The van der Waals surface area contributed by atoms with Crippen LogP contribution in [0, 0.1) is 0 Å². The minimum atomic E-state index is -0.593. The van der Waals surface area contributed by atoms with Crippen molar-refractivity contribution in [2.75, 3.05) is 30.5 Å². The van der Waals surface area contributed by atoms with Crippen molar-refractivity contribution in [3.8, 4) is 0 Å². The minimum Gasteiger partial charge on any atom is -0.453 e. The lowest BCUT2D eigenvalue weighted by molar-refractivity contribution is 0.186. The maximum Gasteiger partial charge on any atom is 0.412 e. The Hall–Kier alpha value is -5.80. The molecule has 45 heavy (non-hydrogen) atoms. The summed E-state index contributed by atoms with van der Waals surface area (Å²) in [7, 11) is 2.80. The Morgan fingerprint density at radius 1 is 0.689 bits per heavy atom. The summed E-state index contributed by atoms with van der Waals surface area (Å²) in [4.78, 5) is 33.6. The average Bonchev–Trinajstić information content (AvgIpc) is 3.82. The molecule has 0 spiro atoms. The van der Waals surface area contributed by atoms with Crippen LogP contribution in [0.2, 0.25) is 0 Å². The van der Waals surface area contributed by atoms with Crippen LogP contribution in [0.5, 0.6) is 0 Å². The lowest BCUT2D eigenvalue weighted by Crippen LogP contribution is -2.24. The van der Waals surface area contributed by atoms with E-state index in [0.29, 0.717) is 45.4 Å². The van der Waals surface area contributed by atoms with E-state index in [1.165, 1.54) is 14.2 Å². The summed E-state index contributed by atoms with van der Waals surface area (Å²) >= 11 is 0. The third-order valence-electron chi connectivity index (χ3n) is 4.64. The number of hydrogen-bond acceptors (Lipinski definition) is 13. The van der Waals surface area contributed by atoms with Gasteiger partial charge in [0.05, 0.1) is 23.3 Å². The summed E-state index contributed by atoms with van der Waals surface area (Å²) in [6.45, 7) is 12.0. The SMILES string of the molecule is C.CC.CC.CC.CNC(=O)Nc1noc2ncccc12.COC(=O)Nc1noc2ncccc12.Nc1noc2ncccc12. The maximum atomic E-state index is 11.0. The molecule has 3 amide bonds. The van der Waals surface area contributed by atoms with Crippen molar-refractivity contribution < 1.29 is 27.9 Å². The number of urea groups is 1. The number of nitrogens with two attached hydrogens (primary N) is 1. The van der Waals surface area contributed by atoms with E-state index in [2.05, 4.69) is 51.1 Å². The molecule has 244 valence electrons. The molecule has 0 radical (unpaired) electrons. The third-order valence-corrected chi connectivity index (χ3v) is 4.64. The van der Waals surface area contributed by atoms with Gasteiger partial charge in [0.1, 0.15) is 0 Å². The molecule has 5 N–H and O–H groups in total. The number of anilines is 3. The van der Waals surface area contributed by atoms with Crippen LogP contribution in [0.1, 0.15) is 49.0 Å². The Balaban J connectivity index is 0.000000595. The first kappa shape index (κ1) is 39.2. The van der Waals surface area contributed by atoms with Crippen molar-refractivity contribution in [2.45, 2.75) is 49.0 Å². The molecule has 16 nitrogen and oxygen atoms in total. The highest BCUT2D eigenvalue weighted by molar-refractivity contribution is 5.97. The maximum absolute atomic E-state index is 11.0. The van der Waals surface area contributed by atoms with Gasteiger partial charge in [-0.3, -0.25) is 10.6 Å². The molecule has 0 atom stereocenters. The number of aromatic nitrogens is 6. The highest BCUT2D eigenvalue weighted by atomic mass is 16.5. The summed E-state index contributed by atoms with van der Waals surface area (Å²) in [6, 6.07) is 10.2. The third kappa shape index (κ3) is 11.4. The molecule has 0 fully saturated rings. The molecule has 16 heteroatoms. The van der Waals surface area contributed by atoms with Gasteiger partial charge < -0.3 is 29.4 Å². The lowest BCUT2D eigenvalue weighted by atomic mass is 10.3. The van der Waals surface area contributed by atoms with Crippen molar-refractivity contribution in [2.24, 2.45) is 0 Å². The average molecular weight is 627 g/mol. The topological polar surface area (TPSA) is 222 Å². The van der Waals surface area contributed by atoms with Crippen molar-refractivity contribution >= 4 is 62.9 Å².